The van der Waals surface area contributed by atoms with Crippen LogP contribution in [0, 0.1) is 0 Å². The van der Waals surface area contributed by atoms with Crippen LogP contribution in [-0.4, -0.2) is 23.0 Å². The van der Waals surface area contributed by atoms with Gasteiger partial charge in [-0.3, -0.25) is 0 Å². The smallest absolute Gasteiger partial charge is 0 e. The minimum absolute atomic E-state index is 0. The third-order valence-electron chi connectivity index (χ3n) is 1.84. The maximum Gasteiger partial charge on any atom is 0 e. The number of thioether (sulfide) groups is 4. The van der Waals surface area contributed by atoms with Gasteiger partial charge in [-0.2, -0.15) is 64.0 Å². The van der Waals surface area contributed by atoms with Crippen molar-refractivity contribution in [2.45, 2.75) is 12.8 Å². The SMILES string of the molecule is [Ni].[S-]C1=C([S-])SCCCS1.[S-]C1=C([S-])SCCCS1. The number of hydrogen-bond acceptors (Lipinski definition) is 8. The van der Waals surface area contributed by atoms with E-state index >= 15 is 0 Å². The van der Waals surface area contributed by atoms with Crippen molar-refractivity contribution in [1.82, 2.24) is 0 Å². The van der Waals surface area contributed by atoms with E-state index in [-0.39, 0.29) is 16.5 Å². The zero-order valence-corrected chi connectivity index (χ0v) is 17.3. The Hall–Kier alpha value is 2.25. The fourth-order valence-corrected chi connectivity index (χ4v) is 6.16. The molecule has 0 aliphatic carbocycles. The molecule has 2 aliphatic heterocycles. The van der Waals surface area contributed by atoms with Crippen molar-refractivity contribution in [3.63, 3.8) is 0 Å². The summed E-state index contributed by atoms with van der Waals surface area (Å²) in [6.07, 6.45) is 2.46. The van der Waals surface area contributed by atoms with Gasteiger partial charge in [-0.1, -0.05) is 0 Å². The maximum atomic E-state index is 5.02. The molecular formula is C10H12NiS8-4. The van der Waals surface area contributed by atoms with Gasteiger partial charge in [0.25, 0.3) is 0 Å². The van der Waals surface area contributed by atoms with E-state index in [0.29, 0.717) is 0 Å². The summed E-state index contributed by atoms with van der Waals surface area (Å²) in [7, 11) is 0. The van der Waals surface area contributed by atoms with Gasteiger partial charge in [0.15, 0.2) is 0 Å². The summed E-state index contributed by atoms with van der Waals surface area (Å²) in [5.41, 5.74) is 0. The van der Waals surface area contributed by atoms with Gasteiger partial charge in [0.05, 0.1) is 0 Å². The molecule has 2 heterocycles. The van der Waals surface area contributed by atoms with E-state index in [1.54, 1.807) is 47.0 Å². The van der Waals surface area contributed by atoms with Crippen LogP contribution in [0.2, 0.25) is 0 Å². The summed E-state index contributed by atoms with van der Waals surface area (Å²) in [6, 6.07) is 0. The Balaban J connectivity index is 0.000000324. The van der Waals surface area contributed by atoms with Crippen LogP contribution in [0.25, 0.3) is 0 Å². The van der Waals surface area contributed by atoms with Crippen molar-refractivity contribution in [2.75, 3.05) is 23.0 Å². The average molecular weight is 447 g/mol. The van der Waals surface area contributed by atoms with Crippen molar-refractivity contribution in [3.05, 3.63) is 16.9 Å². The minimum atomic E-state index is 0. The number of rotatable bonds is 0. The quantitative estimate of drug-likeness (QED) is 0.396. The Morgan fingerprint density at radius 3 is 0.947 bits per heavy atom. The predicted molar refractivity (Wildman–Crippen MR) is 103 cm³/mol. The van der Waals surface area contributed by atoms with Crippen molar-refractivity contribution in [3.8, 4) is 0 Å². The standard InChI is InChI=1S/2C5H8S4.Ni/c2*6-4-5(7)9-3-1-2-8-4;/h2*6-7H,1-3H2;/p-4. The first kappa shape index (κ1) is 21.3. The van der Waals surface area contributed by atoms with E-state index in [1.807, 2.05) is 0 Å². The molecule has 0 amide bonds. The molecule has 2 aliphatic rings. The third-order valence-corrected chi connectivity index (χ3v) is 8.94. The first-order chi connectivity index (χ1) is 8.61. The summed E-state index contributed by atoms with van der Waals surface area (Å²) in [6.45, 7) is 0. The Labute approximate surface area is 165 Å². The summed E-state index contributed by atoms with van der Waals surface area (Å²) in [5.74, 6) is 4.58. The molecule has 0 aromatic heterocycles. The molecule has 0 radical (unpaired) electrons. The average Bonchev–Trinajstić information content (AvgIpc) is 2.65. The Bertz CT molecular complexity index is 267. The summed E-state index contributed by atoms with van der Waals surface area (Å²) >= 11 is 26.9. The van der Waals surface area contributed by atoms with Crippen LogP contribution in [0.3, 0.4) is 0 Å². The largest absolute Gasteiger partial charge is 0.774 e. The first-order valence-corrected chi connectivity index (χ1v) is 10.9. The van der Waals surface area contributed by atoms with Crippen molar-refractivity contribution in [1.29, 1.82) is 0 Å². The van der Waals surface area contributed by atoms with Crippen LogP contribution in [0.5, 0.6) is 0 Å². The summed E-state index contributed by atoms with van der Waals surface area (Å²) < 4.78 is 3.69. The molecule has 0 spiro atoms. The molecule has 0 bridgehead atoms. The second kappa shape index (κ2) is 12.8. The topological polar surface area (TPSA) is 0 Å². The Kier molecular flexibility index (Phi) is 14.3. The minimum Gasteiger partial charge on any atom is -0.774 e. The van der Waals surface area contributed by atoms with E-state index in [9.17, 15) is 0 Å². The molecular weight excluding hydrogens is 435 g/mol. The van der Waals surface area contributed by atoms with Gasteiger partial charge in [0.1, 0.15) is 0 Å². The van der Waals surface area contributed by atoms with E-state index in [0.717, 1.165) is 40.0 Å². The van der Waals surface area contributed by atoms with Gasteiger partial charge in [-0.25, -0.2) is 0 Å². The van der Waals surface area contributed by atoms with Gasteiger partial charge < -0.3 is 50.5 Å². The maximum absolute atomic E-state index is 5.02. The van der Waals surface area contributed by atoms with Gasteiger partial charge in [0, 0.05) is 16.5 Å². The van der Waals surface area contributed by atoms with Crippen molar-refractivity contribution >= 4 is 97.6 Å². The molecule has 0 N–H and O–H groups in total. The van der Waals surface area contributed by atoms with Crippen LogP contribution in [0.4, 0.5) is 0 Å². The molecule has 114 valence electrons. The van der Waals surface area contributed by atoms with Crippen molar-refractivity contribution < 1.29 is 16.5 Å². The van der Waals surface area contributed by atoms with E-state index < -0.39 is 0 Å². The monoisotopic (exact) mass is 446 g/mol. The molecule has 19 heavy (non-hydrogen) atoms. The van der Waals surface area contributed by atoms with Gasteiger partial charge in [-0.05, 0) is 35.9 Å². The van der Waals surface area contributed by atoms with Crippen LogP contribution in [0.15, 0.2) is 16.9 Å². The van der Waals surface area contributed by atoms with Gasteiger partial charge in [-0.15, -0.1) is 0 Å². The molecule has 0 nitrogen and oxygen atoms in total. The molecule has 9 heteroatoms. The zero-order chi connectivity index (χ0) is 13.4. The van der Waals surface area contributed by atoms with Crippen LogP contribution in [-0.2, 0) is 67.0 Å². The predicted octanol–water partition coefficient (Wildman–Crippen LogP) is 4.15. The summed E-state index contributed by atoms with van der Waals surface area (Å²) in [4.78, 5) is 0. The van der Waals surface area contributed by atoms with E-state index in [1.165, 1.54) is 12.8 Å². The Morgan fingerprint density at radius 1 is 0.526 bits per heavy atom. The molecule has 0 saturated heterocycles. The second-order valence-electron chi connectivity index (χ2n) is 3.25. The second-order valence-corrected chi connectivity index (χ2v) is 10.3. The van der Waals surface area contributed by atoms with Crippen LogP contribution in [0.1, 0.15) is 12.8 Å². The van der Waals surface area contributed by atoms with Crippen LogP contribution < -0.4 is 0 Å². The first-order valence-electron chi connectivity index (χ1n) is 5.29. The summed E-state index contributed by atoms with van der Waals surface area (Å²) in [5, 5.41) is 0. The fraction of sp³-hybridized carbons (Fsp3) is 0.600. The third kappa shape index (κ3) is 9.79. The molecule has 0 atom stereocenters. The molecule has 0 unspecified atom stereocenters. The number of hydrogen-bond donors (Lipinski definition) is 0. The molecule has 0 saturated carbocycles. The van der Waals surface area contributed by atoms with Crippen molar-refractivity contribution in [2.24, 2.45) is 0 Å². The van der Waals surface area contributed by atoms with E-state index in [4.69, 9.17) is 50.5 Å². The fourth-order valence-electron chi connectivity index (χ4n) is 1.01. The molecule has 0 aromatic carbocycles. The van der Waals surface area contributed by atoms with Crippen LogP contribution >= 0.6 is 47.0 Å². The molecule has 0 aromatic rings. The Morgan fingerprint density at radius 2 is 0.737 bits per heavy atom. The van der Waals surface area contributed by atoms with Gasteiger partial charge >= 0.3 is 0 Å². The van der Waals surface area contributed by atoms with Gasteiger partial charge in [0.2, 0.25) is 0 Å². The molecule has 2 rings (SSSR count). The zero-order valence-electron chi connectivity index (χ0n) is 9.82. The van der Waals surface area contributed by atoms with E-state index in [2.05, 4.69) is 0 Å². The normalized spacial score (nSPS) is 20.6. The molecule has 0 fully saturated rings.